The van der Waals surface area contributed by atoms with Crippen LogP contribution in [-0.4, -0.2) is 30.3 Å². The topological polar surface area (TPSA) is 58.6 Å². The minimum Gasteiger partial charge on any atom is -0.496 e. The molecule has 0 unspecified atom stereocenters. The fraction of sp³-hybridized carbons (Fsp3) is 0.562. The quantitative estimate of drug-likeness (QED) is 0.804. The van der Waals surface area contributed by atoms with Gasteiger partial charge in [-0.15, -0.1) is 0 Å². The molecule has 1 aromatic rings. The molecule has 20 heavy (non-hydrogen) atoms. The number of aliphatic hydroxyl groups excluding tert-OH is 1. The average Bonchev–Trinajstić information content (AvgIpc) is 2.47. The van der Waals surface area contributed by atoms with Crippen LogP contribution in [0.3, 0.4) is 0 Å². The highest BCUT2D eigenvalue weighted by molar-refractivity contribution is 5.79. The van der Waals surface area contributed by atoms with Crippen LogP contribution in [0.2, 0.25) is 0 Å². The largest absolute Gasteiger partial charge is 0.496 e. The summed E-state index contributed by atoms with van der Waals surface area (Å²) < 4.78 is 5.26. The fourth-order valence-corrected chi connectivity index (χ4v) is 2.19. The van der Waals surface area contributed by atoms with Gasteiger partial charge in [0.1, 0.15) is 5.75 Å². The van der Waals surface area contributed by atoms with Crippen LogP contribution in [0.4, 0.5) is 0 Å². The zero-order valence-corrected chi connectivity index (χ0v) is 12.8. The van der Waals surface area contributed by atoms with Crippen molar-refractivity contribution in [2.24, 2.45) is 0 Å². The molecule has 0 aliphatic heterocycles. The summed E-state index contributed by atoms with van der Waals surface area (Å²) in [6.45, 7) is 5.86. The second kappa shape index (κ2) is 7.29. The van der Waals surface area contributed by atoms with Crippen molar-refractivity contribution in [3.63, 3.8) is 0 Å². The number of hydrogen-bond donors (Lipinski definition) is 2. The Hall–Kier alpha value is -1.55. The van der Waals surface area contributed by atoms with Gasteiger partial charge in [0.2, 0.25) is 5.91 Å². The van der Waals surface area contributed by atoms with Crippen LogP contribution in [0.25, 0.3) is 0 Å². The average molecular weight is 279 g/mol. The highest BCUT2D eigenvalue weighted by Crippen LogP contribution is 2.20. The maximum absolute atomic E-state index is 12.1. The Kier molecular flexibility index (Phi) is 6.02. The number of aryl methyl sites for hydroxylation is 1. The molecule has 0 heterocycles. The van der Waals surface area contributed by atoms with Crippen LogP contribution in [0.1, 0.15) is 37.8 Å². The van der Waals surface area contributed by atoms with E-state index in [4.69, 9.17) is 4.74 Å². The molecule has 0 saturated heterocycles. The molecule has 4 heteroatoms. The first-order valence-electron chi connectivity index (χ1n) is 7.05. The molecule has 4 nitrogen and oxygen atoms in total. The van der Waals surface area contributed by atoms with Crippen molar-refractivity contribution >= 4 is 5.91 Å². The Bertz CT molecular complexity index is 445. The van der Waals surface area contributed by atoms with Crippen LogP contribution >= 0.6 is 0 Å². The summed E-state index contributed by atoms with van der Waals surface area (Å²) in [5, 5.41) is 12.4. The molecule has 0 aliphatic rings. The third-order valence-corrected chi connectivity index (χ3v) is 3.90. The van der Waals surface area contributed by atoms with Gasteiger partial charge in [-0.1, -0.05) is 26.0 Å². The molecule has 1 aromatic carbocycles. The summed E-state index contributed by atoms with van der Waals surface area (Å²) in [5.74, 6) is 0.711. The van der Waals surface area contributed by atoms with Gasteiger partial charge in [-0.2, -0.15) is 0 Å². The van der Waals surface area contributed by atoms with Gasteiger partial charge in [0.15, 0.2) is 0 Å². The van der Waals surface area contributed by atoms with E-state index in [1.165, 1.54) is 0 Å². The van der Waals surface area contributed by atoms with Gasteiger partial charge in [-0.05, 0) is 37.0 Å². The van der Waals surface area contributed by atoms with Crippen molar-refractivity contribution in [3.8, 4) is 5.75 Å². The van der Waals surface area contributed by atoms with Crippen molar-refractivity contribution in [1.29, 1.82) is 0 Å². The fourth-order valence-electron chi connectivity index (χ4n) is 2.19. The lowest BCUT2D eigenvalue weighted by Crippen LogP contribution is -2.51. The predicted octanol–water partition coefficient (Wildman–Crippen LogP) is 2.21. The normalized spacial score (nSPS) is 11.2. The lowest BCUT2D eigenvalue weighted by atomic mass is 9.93. The van der Waals surface area contributed by atoms with E-state index in [1.807, 2.05) is 39.0 Å². The van der Waals surface area contributed by atoms with Crippen molar-refractivity contribution in [2.45, 2.75) is 45.6 Å². The van der Waals surface area contributed by atoms with E-state index >= 15 is 0 Å². The van der Waals surface area contributed by atoms with Gasteiger partial charge in [0.25, 0.3) is 0 Å². The molecule has 112 valence electrons. The van der Waals surface area contributed by atoms with Gasteiger partial charge in [-0.3, -0.25) is 4.79 Å². The number of carbonyl (C=O) groups is 1. The number of methoxy groups -OCH3 is 1. The molecule has 0 saturated carbocycles. The second-order valence-corrected chi connectivity index (χ2v) is 5.17. The zero-order valence-electron chi connectivity index (χ0n) is 12.8. The number of amides is 1. The van der Waals surface area contributed by atoms with Gasteiger partial charge in [0, 0.05) is 0 Å². The second-order valence-electron chi connectivity index (χ2n) is 5.17. The minimum absolute atomic E-state index is 0.0387. The molecule has 0 radical (unpaired) electrons. The summed E-state index contributed by atoms with van der Waals surface area (Å²) in [6.07, 6.45) is 1.71. The number of benzene rings is 1. The standard InChI is InChI=1S/C16H25NO3/c1-5-16(6-2,11-18)17-15(19)10-13-8-7-12(3)14(9-13)20-4/h7-9,18H,5-6,10-11H2,1-4H3,(H,17,19). The molecule has 0 atom stereocenters. The van der Waals surface area contributed by atoms with E-state index in [0.29, 0.717) is 19.3 Å². The highest BCUT2D eigenvalue weighted by atomic mass is 16.5. The molecule has 0 fully saturated rings. The van der Waals surface area contributed by atoms with Crippen LogP contribution < -0.4 is 10.1 Å². The van der Waals surface area contributed by atoms with Crippen LogP contribution in [-0.2, 0) is 11.2 Å². The SMILES string of the molecule is CCC(CC)(CO)NC(=O)Cc1ccc(C)c(OC)c1. The molecule has 0 aliphatic carbocycles. The molecular formula is C16H25NO3. The van der Waals surface area contributed by atoms with Crippen LogP contribution in [0.5, 0.6) is 5.75 Å². The molecule has 1 rings (SSSR count). The van der Waals surface area contributed by atoms with Gasteiger partial charge in [0.05, 0.1) is 25.7 Å². The van der Waals surface area contributed by atoms with E-state index in [-0.39, 0.29) is 12.5 Å². The molecule has 0 aromatic heterocycles. The minimum atomic E-state index is -0.508. The molecular weight excluding hydrogens is 254 g/mol. The summed E-state index contributed by atoms with van der Waals surface area (Å²) in [7, 11) is 1.62. The molecule has 1 amide bonds. The highest BCUT2D eigenvalue weighted by Gasteiger charge is 2.26. The monoisotopic (exact) mass is 279 g/mol. The first kappa shape index (κ1) is 16.5. The summed E-state index contributed by atoms with van der Waals surface area (Å²) in [4.78, 5) is 12.1. The van der Waals surface area contributed by atoms with Crippen molar-refractivity contribution in [3.05, 3.63) is 29.3 Å². The van der Waals surface area contributed by atoms with Crippen molar-refractivity contribution < 1.29 is 14.6 Å². The molecule has 0 bridgehead atoms. The van der Waals surface area contributed by atoms with E-state index < -0.39 is 5.54 Å². The maximum Gasteiger partial charge on any atom is 0.224 e. The number of rotatable bonds is 7. The summed E-state index contributed by atoms with van der Waals surface area (Å²) in [6, 6.07) is 5.75. The number of aliphatic hydroxyl groups is 1. The Labute approximate surface area is 121 Å². The van der Waals surface area contributed by atoms with E-state index in [1.54, 1.807) is 7.11 Å². The Morgan fingerprint density at radius 3 is 2.50 bits per heavy atom. The van der Waals surface area contributed by atoms with Crippen molar-refractivity contribution in [1.82, 2.24) is 5.32 Å². The smallest absolute Gasteiger partial charge is 0.224 e. The Balaban J connectivity index is 2.76. The van der Waals surface area contributed by atoms with Gasteiger partial charge >= 0.3 is 0 Å². The van der Waals surface area contributed by atoms with E-state index in [9.17, 15) is 9.90 Å². The number of nitrogens with one attached hydrogen (secondary N) is 1. The summed E-state index contributed by atoms with van der Waals surface area (Å²) >= 11 is 0. The maximum atomic E-state index is 12.1. The van der Waals surface area contributed by atoms with Crippen LogP contribution in [0.15, 0.2) is 18.2 Å². The number of carbonyl (C=O) groups excluding carboxylic acids is 1. The number of hydrogen-bond acceptors (Lipinski definition) is 3. The van der Waals surface area contributed by atoms with E-state index in [0.717, 1.165) is 16.9 Å². The predicted molar refractivity (Wildman–Crippen MR) is 80.0 cm³/mol. The third kappa shape index (κ3) is 3.97. The lowest BCUT2D eigenvalue weighted by Gasteiger charge is -2.30. The van der Waals surface area contributed by atoms with Gasteiger partial charge < -0.3 is 15.2 Å². The lowest BCUT2D eigenvalue weighted by molar-refractivity contribution is -0.123. The first-order valence-corrected chi connectivity index (χ1v) is 7.05. The Morgan fingerprint density at radius 1 is 1.35 bits per heavy atom. The van der Waals surface area contributed by atoms with Crippen molar-refractivity contribution in [2.75, 3.05) is 13.7 Å². The summed E-state index contributed by atoms with van der Waals surface area (Å²) in [5.41, 5.74) is 1.44. The van der Waals surface area contributed by atoms with E-state index in [2.05, 4.69) is 5.32 Å². The number of ether oxygens (including phenoxy) is 1. The Morgan fingerprint density at radius 2 is 2.00 bits per heavy atom. The zero-order chi connectivity index (χ0) is 15.2. The van der Waals surface area contributed by atoms with Crippen LogP contribution in [0, 0.1) is 6.92 Å². The van der Waals surface area contributed by atoms with Gasteiger partial charge in [-0.25, -0.2) is 0 Å². The molecule has 2 N–H and O–H groups in total. The molecule has 0 spiro atoms. The third-order valence-electron chi connectivity index (χ3n) is 3.90. The first-order chi connectivity index (χ1) is 9.50.